The molecule has 0 unspecified atom stereocenters. The third-order valence-corrected chi connectivity index (χ3v) is 2.33. The lowest BCUT2D eigenvalue weighted by molar-refractivity contribution is 0.809. The third-order valence-electron chi connectivity index (χ3n) is 1.95. The fourth-order valence-electron chi connectivity index (χ4n) is 1.20. The fraction of sp³-hybridized carbons (Fsp3) is 0. The molecule has 0 radical (unpaired) electrons. The smallest absolute Gasteiger partial charge is 0.292 e. The van der Waals surface area contributed by atoms with E-state index in [1.165, 1.54) is 10.9 Å². The second-order valence-corrected chi connectivity index (χ2v) is 3.34. The van der Waals surface area contributed by atoms with Crippen LogP contribution in [0.3, 0.4) is 0 Å². The van der Waals surface area contributed by atoms with Gasteiger partial charge < -0.3 is 11.2 Å². The lowest BCUT2D eigenvalue weighted by Gasteiger charge is -2.04. The summed E-state index contributed by atoms with van der Waals surface area (Å²) in [6.45, 7) is 0. The minimum absolute atomic E-state index is 0. The van der Waals surface area contributed by atoms with E-state index in [4.69, 9.17) is 17.3 Å². The predicted molar refractivity (Wildman–Crippen MR) is 62.9 cm³/mol. The maximum atomic E-state index is 11.7. The number of halogens is 1. The first kappa shape index (κ1) is 12.2. The van der Waals surface area contributed by atoms with Crippen LogP contribution >= 0.6 is 11.6 Å². The van der Waals surface area contributed by atoms with Crippen LogP contribution in [0.4, 0.5) is 5.69 Å². The Labute approximate surface area is 96.4 Å². The van der Waals surface area contributed by atoms with Crippen LogP contribution in [0.2, 0.25) is 5.02 Å². The van der Waals surface area contributed by atoms with Gasteiger partial charge in [-0.2, -0.15) is 9.78 Å². The van der Waals surface area contributed by atoms with Gasteiger partial charge in [0.15, 0.2) is 0 Å². The molecule has 4 N–H and O–H groups in total. The third kappa shape index (κ3) is 2.05. The van der Waals surface area contributed by atoms with Crippen molar-refractivity contribution in [2.75, 3.05) is 5.73 Å². The molecular weight excluding hydrogens is 230 g/mol. The highest BCUT2D eigenvalue weighted by Gasteiger charge is 2.07. The summed E-state index contributed by atoms with van der Waals surface area (Å²) in [5.41, 5.74) is 5.89. The van der Waals surface area contributed by atoms with Crippen LogP contribution in [0.25, 0.3) is 5.69 Å². The molecule has 1 aromatic carbocycles. The van der Waals surface area contributed by atoms with Crippen LogP contribution in [-0.4, -0.2) is 15.3 Å². The standard InChI is InChI=1S/C10H8ClN3O.H2O/c11-9-8(12)6-13-14(10(9)15)7-4-2-1-3-5-7;/h1-6H,12H2;1H2. The Bertz CT molecular complexity index is 540. The summed E-state index contributed by atoms with van der Waals surface area (Å²) in [4.78, 5) is 11.7. The first-order valence-corrected chi connectivity index (χ1v) is 4.66. The minimum atomic E-state index is -0.414. The number of nitrogen functional groups attached to an aromatic ring is 1. The quantitative estimate of drug-likeness (QED) is 0.792. The molecule has 1 aromatic heterocycles. The normalized spacial score (nSPS) is 9.56. The first-order valence-electron chi connectivity index (χ1n) is 4.29. The molecule has 0 spiro atoms. The van der Waals surface area contributed by atoms with Crippen LogP contribution in [-0.2, 0) is 0 Å². The maximum Gasteiger partial charge on any atom is 0.292 e. The maximum absolute atomic E-state index is 11.7. The Kier molecular flexibility index (Phi) is 3.65. The molecule has 0 saturated heterocycles. The summed E-state index contributed by atoms with van der Waals surface area (Å²) in [5, 5.41) is 3.90. The van der Waals surface area contributed by atoms with Gasteiger partial charge >= 0.3 is 0 Å². The Morgan fingerprint density at radius 3 is 2.50 bits per heavy atom. The zero-order valence-electron chi connectivity index (χ0n) is 8.22. The number of nitrogens with two attached hydrogens (primary N) is 1. The van der Waals surface area contributed by atoms with Gasteiger partial charge in [0.2, 0.25) is 0 Å². The first-order chi connectivity index (χ1) is 7.20. The van der Waals surface area contributed by atoms with E-state index in [9.17, 15) is 4.79 Å². The van der Waals surface area contributed by atoms with Crippen LogP contribution in [0.5, 0.6) is 0 Å². The predicted octanol–water partition coefficient (Wildman–Crippen LogP) is 0.643. The van der Waals surface area contributed by atoms with Gasteiger partial charge in [-0.1, -0.05) is 29.8 Å². The summed E-state index contributed by atoms with van der Waals surface area (Å²) >= 11 is 5.73. The Balaban J connectivity index is 0.00000128. The van der Waals surface area contributed by atoms with Crippen molar-refractivity contribution < 1.29 is 5.48 Å². The second-order valence-electron chi connectivity index (χ2n) is 2.97. The molecular formula is C10H10ClN3O2. The van der Waals surface area contributed by atoms with Crippen molar-refractivity contribution in [2.45, 2.75) is 0 Å². The molecule has 0 aliphatic heterocycles. The van der Waals surface area contributed by atoms with Crippen molar-refractivity contribution in [1.82, 2.24) is 9.78 Å². The number of anilines is 1. The highest BCUT2D eigenvalue weighted by Crippen LogP contribution is 2.11. The van der Waals surface area contributed by atoms with E-state index in [2.05, 4.69) is 5.10 Å². The Morgan fingerprint density at radius 1 is 1.25 bits per heavy atom. The van der Waals surface area contributed by atoms with Crippen molar-refractivity contribution in [3.05, 3.63) is 51.9 Å². The fourth-order valence-corrected chi connectivity index (χ4v) is 1.33. The number of hydrogen-bond acceptors (Lipinski definition) is 3. The van der Waals surface area contributed by atoms with Gasteiger partial charge in [-0.25, -0.2) is 0 Å². The van der Waals surface area contributed by atoms with E-state index >= 15 is 0 Å². The van der Waals surface area contributed by atoms with Crippen LogP contribution in [0.15, 0.2) is 41.3 Å². The lowest BCUT2D eigenvalue weighted by atomic mass is 10.3. The highest BCUT2D eigenvalue weighted by molar-refractivity contribution is 6.32. The molecule has 0 aliphatic rings. The van der Waals surface area contributed by atoms with Crippen LogP contribution in [0.1, 0.15) is 0 Å². The number of para-hydroxylation sites is 1. The molecule has 2 rings (SSSR count). The molecule has 6 heteroatoms. The number of nitrogens with zero attached hydrogens (tertiary/aromatic N) is 2. The number of hydrogen-bond donors (Lipinski definition) is 1. The molecule has 0 fully saturated rings. The summed E-state index contributed by atoms with van der Waals surface area (Å²) in [6.07, 6.45) is 1.36. The molecule has 2 aromatic rings. The summed E-state index contributed by atoms with van der Waals surface area (Å²) in [7, 11) is 0. The Hall–Kier alpha value is -1.85. The van der Waals surface area contributed by atoms with Crippen molar-refractivity contribution in [3.8, 4) is 5.69 Å². The highest BCUT2D eigenvalue weighted by atomic mass is 35.5. The van der Waals surface area contributed by atoms with Crippen LogP contribution < -0.4 is 11.3 Å². The zero-order valence-corrected chi connectivity index (χ0v) is 8.98. The molecule has 0 atom stereocenters. The largest absolute Gasteiger partial charge is 0.412 e. The SMILES string of the molecule is Nc1cnn(-c2ccccc2)c(=O)c1Cl.O. The zero-order chi connectivity index (χ0) is 10.8. The van der Waals surface area contributed by atoms with Crippen molar-refractivity contribution in [3.63, 3.8) is 0 Å². The minimum Gasteiger partial charge on any atom is -0.412 e. The van der Waals surface area contributed by atoms with Crippen molar-refractivity contribution >= 4 is 17.3 Å². The van der Waals surface area contributed by atoms with Crippen LogP contribution in [0, 0.1) is 0 Å². The van der Waals surface area contributed by atoms with E-state index in [1.54, 1.807) is 12.1 Å². The molecule has 5 nitrogen and oxygen atoms in total. The second kappa shape index (κ2) is 4.78. The average molecular weight is 240 g/mol. The molecule has 16 heavy (non-hydrogen) atoms. The van der Waals surface area contributed by atoms with Gasteiger partial charge in [0, 0.05) is 0 Å². The Morgan fingerprint density at radius 2 is 1.88 bits per heavy atom. The van der Waals surface area contributed by atoms with E-state index < -0.39 is 5.56 Å². The van der Waals surface area contributed by atoms with E-state index in [1.807, 2.05) is 18.2 Å². The summed E-state index contributed by atoms with van der Waals surface area (Å²) in [5.74, 6) is 0. The molecule has 0 amide bonds. The van der Waals surface area contributed by atoms with Gasteiger partial charge in [0.25, 0.3) is 5.56 Å². The average Bonchev–Trinajstić information content (AvgIpc) is 2.27. The number of benzene rings is 1. The molecule has 84 valence electrons. The van der Waals surface area contributed by atoms with Crippen molar-refractivity contribution in [1.29, 1.82) is 0 Å². The topological polar surface area (TPSA) is 92.4 Å². The number of aromatic nitrogens is 2. The van der Waals surface area contributed by atoms with Gasteiger partial charge in [-0.15, -0.1) is 0 Å². The van der Waals surface area contributed by atoms with E-state index in [0.29, 0.717) is 5.69 Å². The van der Waals surface area contributed by atoms with Crippen molar-refractivity contribution in [2.24, 2.45) is 0 Å². The van der Waals surface area contributed by atoms with Gasteiger partial charge in [-0.05, 0) is 12.1 Å². The lowest BCUT2D eigenvalue weighted by Crippen LogP contribution is -2.22. The van der Waals surface area contributed by atoms with Gasteiger partial charge in [-0.3, -0.25) is 4.79 Å². The van der Waals surface area contributed by atoms with E-state index in [0.717, 1.165) is 0 Å². The summed E-state index contributed by atoms with van der Waals surface area (Å²) < 4.78 is 1.21. The monoisotopic (exact) mass is 239 g/mol. The molecule has 1 heterocycles. The molecule has 0 aliphatic carbocycles. The summed E-state index contributed by atoms with van der Waals surface area (Å²) in [6, 6.07) is 9.01. The van der Waals surface area contributed by atoms with E-state index in [-0.39, 0.29) is 16.2 Å². The van der Waals surface area contributed by atoms with Gasteiger partial charge in [0.1, 0.15) is 5.02 Å². The molecule has 0 bridgehead atoms. The number of rotatable bonds is 1. The van der Waals surface area contributed by atoms with Gasteiger partial charge in [0.05, 0.1) is 17.6 Å². The molecule has 0 saturated carbocycles.